The lowest BCUT2D eigenvalue weighted by molar-refractivity contribution is 0.304. The van der Waals surface area contributed by atoms with E-state index in [-0.39, 0.29) is 6.61 Å². The predicted molar refractivity (Wildman–Crippen MR) is 90.2 cm³/mol. The minimum atomic E-state index is 0.157. The molecule has 114 valence electrons. The Morgan fingerprint density at radius 1 is 1.18 bits per heavy atom. The van der Waals surface area contributed by atoms with E-state index < -0.39 is 0 Å². The van der Waals surface area contributed by atoms with Crippen LogP contribution in [0.1, 0.15) is 5.56 Å². The molecule has 0 aliphatic rings. The first-order valence-electron chi connectivity index (χ1n) is 7.35. The van der Waals surface area contributed by atoms with Gasteiger partial charge >= 0.3 is 0 Å². The number of rotatable bonds is 6. The molecule has 2 aromatic carbocycles. The van der Waals surface area contributed by atoms with Crippen LogP contribution in [0.2, 0.25) is 0 Å². The summed E-state index contributed by atoms with van der Waals surface area (Å²) in [6.45, 7) is 1.53. The lowest BCUT2D eigenvalue weighted by atomic mass is 10.1. The van der Waals surface area contributed by atoms with Crippen LogP contribution in [0.3, 0.4) is 0 Å². The number of nitrogens with zero attached hydrogens (tertiary/aromatic N) is 2. The Balaban J connectivity index is 1.68. The predicted octanol–water partition coefficient (Wildman–Crippen LogP) is 2.60. The summed E-state index contributed by atoms with van der Waals surface area (Å²) < 4.78 is 0. The number of benzene rings is 2. The van der Waals surface area contributed by atoms with Crippen LogP contribution < -0.4 is 10.2 Å². The number of aromatic nitrogens is 2. The molecule has 5 nitrogen and oxygen atoms in total. The van der Waals surface area contributed by atoms with E-state index in [0.717, 1.165) is 28.8 Å². The zero-order valence-electron chi connectivity index (χ0n) is 12.6. The molecule has 22 heavy (non-hydrogen) atoms. The van der Waals surface area contributed by atoms with Crippen molar-refractivity contribution in [3.8, 4) is 0 Å². The number of aliphatic hydroxyl groups is 1. The van der Waals surface area contributed by atoms with Crippen molar-refractivity contribution in [1.29, 1.82) is 0 Å². The summed E-state index contributed by atoms with van der Waals surface area (Å²) in [6, 6.07) is 14.4. The fourth-order valence-corrected chi connectivity index (χ4v) is 2.49. The van der Waals surface area contributed by atoms with Gasteiger partial charge in [0.15, 0.2) is 0 Å². The number of anilines is 2. The lowest BCUT2D eigenvalue weighted by Crippen LogP contribution is -2.20. The number of fused-ring (bicyclic) bond motifs is 1. The maximum Gasteiger partial charge on any atom is 0.0700 e. The second-order valence-corrected chi connectivity index (χ2v) is 5.30. The Bertz CT molecular complexity index is 736. The van der Waals surface area contributed by atoms with Crippen molar-refractivity contribution in [3.63, 3.8) is 0 Å². The van der Waals surface area contributed by atoms with Gasteiger partial charge in [-0.05, 0) is 29.8 Å². The van der Waals surface area contributed by atoms with Crippen LogP contribution in [0.5, 0.6) is 0 Å². The van der Waals surface area contributed by atoms with Crippen LogP contribution in [-0.2, 0) is 6.54 Å². The SMILES string of the molecule is CN(CCO)c1ccc(NCc2cccc3cn[nH]c23)cc1. The average Bonchev–Trinajstić information content (AvgIpc) is 3.03. The van der Waals surface area contributed by atoms with Gasteiger partial charge in [0.05, 0.1) is 18.3 Å². The summed E-state index contributed by atoms with van der Waals surface area (Å²) in [5.74, 6) is 0. The maximum absolute atomic E-state index is 8.97. The van der Waals surface area contributed by atoms with Gasteiger partial charge in [0.25, 0.3) is 0 Å². The highest BCUT2D eigenvalue weighted by molar-refractivity contribution is 5.81. The number of aromatic amines is 1. The van der Waals surface area contributed by atoms with Crippen molar-refractivity contribution < 1.29 is 5.11 Å². The third kappa shape index (κ3) is 3.04. The van der Waals surface area contributed by atoms with E-state index in [9.17, 15) is 0 Å². The highest BCUT2D eigenvalue weighted by Gasteiger charge is 2.03. The first-order valence-corrected chi connectivity index (χ1v) is 7.35. The highest BCUT2D eigenvalue weighted by atomic mass is 16.3. The molecule has 0 aliphatic carbocycles. The van der Waals surface area contributed by atoms with Gasteiger partial charge in [-0.3, -0.25) is 5.10 Å². The molecule has 3 rings (SSSR count). The molecule has 0 unspecified atom stereocenters. The molecule has 1 heterocycles. The first-order chi connectivity index (χ1) is 10.8. The van der Waals surface area contributed by atoms with Crippen LogP contribution in [-0.4, -0.2) is 35.5 Å². The van der Waals surface area contributed by atoms with Crippen molar-refractivity contribution in [1.82, 2.24) is 10.2 Å². The number of aliphatic hydroxyl groups excluding tert-OH is 1. The third-order valence-electron chi connectivity index (χ3n) is 3.79. The molecule has 3 aromatic rings. The molecule has 1 aromatic heterocycles. The minimum Gasteiger partial charge on any atom is -0.395 e. The van der Waals surface area contributed by atoms with Crippen LogP contribution >= 0.6 is 0 Å². The molecule has 0 spiro atoms. The van der Waals surface area contributed by atoms with Crippen molar-refractivity contribution in [3.05, 3.63) is 54.2 Å². The Hall–Kier alpha value is -2.53. The number of H-pyrrole nitrogens is 1. The number of likely N-dealkylation sites (N-methyl/N-ethyl adjacent to an activating group) is 1. The molecule has 3 N–H and O–H groups in total. The van der Waals surface area contributed by atoms with Gasteiger partial charge in [-0.15, -0.1) is 0 Å². The van der Waals surface area contributed by atoms with Crippen molar-refractivity contribution in [2.24, 2.45) is 0 Å². The highest BCUT2D eigenvalue weighted by Crippen LogP contribution is 2.19. The molecule has 0 bridgehead atoms. The van der Waals surface area contributed by atoms with Gasteiger partial charge in [-0.1, -0.05) is 18.2 Å². The lowest BCUT2D eigenvalue weighted by Gasteiger charge is -2.18. The summed E-state index contributed by atoms with van der Waals surface area (Å²) in [5, 5.41) is 20.6. The van der Waals surface area contributed by atoms with Crippen LogP contribution in [0.4, 0.5) is 11.4 Å². The van der Waals surface area contributed by atoms with E-state index >= 15 is 0 Å². The molecular formula is C17H20N4O. The molecule has 0 saturated heterocycles. The van der Waals surface area contributed by atoms with E-state index in [1.165, 1.54) is 5.56 Å². The molecule has 0 fully saturated rings. The second-order valence-electron chi connectivity index (χ2n) is 5.30. The van der Waals surface area contributed by atoms with Gasteiger partial charge in [0.1, 0.15) is 0 Å². The Kier molecular flexibility index (Phi) is 4.25. The fraction of sp³-hybridized carbons (Fsp3) is 0.235. The standard InChI is InChI=1S/C17H20N4O/c1-21(9-10-22)16-7-5-15(6-8-16)18-11-13-3-2-4-14-12-19-20-17(13)14/h2-8,12,18,22H,9-11H2,1H3,(H,19,20). The first kappa shape index (κ1) is 14.4. The van der Waals surface area contributed by atoms with Crippen molar-refractivity contribution >= 4 is 22.3 Å². The Morgan fingerprint density at radius 2 is 2.00 bits per heavy atom. The zero-order valence-corrected chi connectivity index (χ0v) is 12.6. The van der Waals surface area contributed by atoms with Crippen LogP contribution in [0, 0.1) is 0 Å². The summed E-state index contributed by atoms with van der Waals surface area (Å²) in [4.78, 5) is 2.02. The third-order valence-corrected chi connectivity index (χ3v) is 3.79. The minimum absolute atomic E-state index is 0.157. The largest absolute Gasteiger partial charge is 0.395 e. The van der Waals surface area contributed by atoms with Crippen LogP contribution in [0.25, 0.3) is 10.9 Å². The Morgan fingerprint density at radius 3 is 2.77 bits per heavy atom. The van der Waals surface area contributed by atoms with E-state index in [1.54, 1.807) is 0 Å². The van der Waals surface area contributed by atoms with Gasteiger partial charge in [-0.2, -0.15) is 5.10 Å². The topological polar surface area (TPSA) is 64.2 Å². The van der Waals surface area contributed by atoms with Gasteiger partial charge < -0.3 is 15.3 Å². The number of hydrogen-bond donors (Lipinski definition) is 3. The number of hydrogen-bond acceptors (Lipinski definition) is 4. The second kappa shape index (κ2) is 6.49. The normalized spacial score (nSPS) is 10.8. The summed E-state index contributed by atoms with van der Waals surface area (Å²) in [6.07, 6.45) is 1.84. The summed E-state index contributed by atoms with van der Waals surface area (Å²) in [7, 11) is 1.97. The maximum atomic E-state index is 8.97. The number of nitrogens with one attached hydrogen (secondary N) is 2. The van der Waals surface area contributed by atoms with E-state index in [2.05, 4.69) is 45.8 Å². The summed E-state index contributed by atoms with van der Waals surface area (Å²) in [5.41, 5.74) is 4.43. The van der Waals surface area contributed by atoms with Crippen molar-refractivity contribution in [2.45, 2.75) is 6.54 Å². The van der Waals surface area contributed by atoms with Gasteiger partial charge in [-0.25, -0.2) is 0 Å². The monoisotopic (exact) mass is 296 g/mol. The van der Waals surface area contributed by atoms with Gasteiger partial charge in [0.2, 0.25) is 0 Å². The molecule has 0 atom stereocenters. The molecule has 5 heteroatoms. The van der Waals surface area contributed by atoms with Crippen molar-refractivity contribution in [2.75, 3.05) is 30.4 Å². The quantitative estimate of drug-likeness (QED) is 0.654. The van der Waals surface area contributed by atoms with Gasteiger partial charge in [0, 0.05) is 36.9 Å². The summed E-state index contributed by atoms with van der Waals surface area (Å²) >= 11 is 0. The molecular weight excluding hydrogens is 276 g/mol. The molecule has 0 saturated carbocycles. The zero-order chi connectivity index (χ0) is 15.4. The average molecular weight is 296 g/mol. The van der Waals surface area contributed by atoms with E-state index in [4.69, 9.17) is 5.11 Å². The number of para-hydroxylation sites is 1. The molecule has 0 radical (unpaired) electrons. The molecule has 0 amide bonds. The Labute approximate surface area is 129 Å². The molecule has 0 aliphatic heterocycles. The van der Waals surface area contributed by atoms with E-state index in [0.29, 0.717) is 6.54 Å². The van der Waals surface area contributed by atoms with E-state index in [1.807, 2.05) is 30.3 Å². The smallest absolute Gasteiger partial charge is 0.0700 e. The fourth-order valence-electron chi connectivity index (χ4n) is 2.49. The van der Waals surface area contributed by atoms with Crippen LogP contribution in [0.15, 0.2) is 48.7 Å².